The van der Waals surface area contributed by atoms with Crippen LogP contribution in [0, 0.1) is 0 Å². The van der Waals surface area contributed by atoms with Crippen LogP contribution in [0.5, 0.6) is 0 Å². The second kappa shape index (κ2) is 5.59. The van der Waals surface area contributed by atoms with E-state index in [2.05, 4.69) is 0 Å². The zero-order chi connectivity index (χ0) is 14.8. The fourth-order valence-corrected chi connectivity index (χ4v) is 3.77. The maximum atomic E-state index is 10.6. The smallest absolute Gasteiger partial charge is 0.367 e. The molecule has 0 amide bonds. The summed E-state index contributed by atoms with van der Waals surface area (Å²) < 4.78 is 17.2. The van der Waals surface area contributed by atoms with E-state index < -0.39 is 25.9 Å². The molecule has 0 spiro atoms. The zero-order valence-electron chi connectivity index (χ0n) is 13.4. The Labute approximate surface area is 113 Å². The van der Waals surface area contributed by atoms with E-state index in [0.717, 1.165) is 6.42 Å². The molecule has 0 unspecified atom stereocenters. The van der Waals surface area contributed by atoms with Crippen LogP contribution >= 0.6 is 0 Å². The van der Waals surface area contributed by atoms with Crippen molar-refractivity contribution in [2.24, 2.45) is 0 Å². The van der Waals surface area contributed by atoms with Gasteiger partial charge in [0.15, 0.2) is 0 Å². The summed E-state index contributed by atoms with van der Waals surface area (Å²) >= 11 is 0. The monoisotopic (exact) mass is 278 g/mol. The Morgan fingerprint density at radius 2 is 1.11 bits per heavy atom. The number of hydrogen-bond acceptors (Lipinski definition) is 4. The van der Waals surface area contributed by atoms with Crippen LogP contribution in [-0.2, 0) is 13.3 Å². The summed E-state index contributed by atoms with van der Waals surface area (Å²) in [4.78, 5) is 10.6. The standard InChI is InChI=1S/C13H30O4Si/c1-10-13(8,9)17-18(14,15-11(2,3)4)16-12(5,6)7/h14H,10H2,1-9H3. The van der Waals surface area contributed by atoms with E-state index in [0.29, 0.717) is 0 Å². The minimum absolute atomic E-state index is 0.475. The lowest BCUT2D eigenvalue weighted by Crippen LogP contribution is -2.57. The summed E-state index contributed by atoms with van der Waals surface area (Å²) in [6.07, 6.45) is 0.767. The SMILES string of the molecule is CCC(C)(C)O[Si](O)(OC(C)(C)C)OC(C)(C)C. The fraction of sp³-hybridized carbons (Fsp3) is 1.00. The van der Waals surface area contributed by atoms with Crippen LogP contribution in [0.1, 0.15) is 68.7 Å². The van der Waals surface area contributed by atoms with Crippen molar-refractivity contribution in [3.63, 3.8) is 0 Å². The molecule has 0 fully saturated rings. The van der Waals surface area contributed by atoms with Gasteiger partial charge in [0.1, 0.15) is 0 Å². The fourth-order valence-electron chi connectivity index (χ4n) is 1.26. The third-order valence-electron chi connectivity index (χ3n) is 2.13. The van der Waals surface area contributed by atoms with Gasteiger partial charge in [0.05, 0.1) is 16.8 Å². The van der Waals surface area contributed by atoms with Crippen molar-refractivity contribution in [2.75, 3.05) is 0 Å². The van der Waals surface area contributed by atoms with Gasteiger partial charge in [0.25, 0.3) is 0 Å². The molecular formula is C13H30O4Si. The first kappa shape index (κ1) is 18.1. The average molecular weight is 278 g/mol. The lowest BCUT2D eigenvalue weighted by atomic mass is 10.1. The molecule has 0 rings (SSSR count). The molecule has 0 radical (unpaired) electrons. The second-order valence-electron chi connectivity index (χ2n) is 7.17. The summed E-state index contributed by atoms with van der Waals surface area (Å²) in [5.41, 5.74) is -1.51. The van der Waals surface area contributed by atoms with Gasteiger partial charge in [0.2, 0.25) is 0 Å². The predicted octanol–water partition coefficient (Wildman–Crippen LogP) is 3.25. The molecule has 0 aromatic heterocycles. The van der Waals surface area contributed by atoms with Gasteiger partial charge >= 0.3 is 9.05 Å². The lowest BCUT2D eigenvalue weighted by molar-refractivity contribution is -0.124. The summed E-state index contributed by atoms with van der Waals surface area (Å²) in [7, 11) is -3.68. The van der Waals surface area contributed by atoms with Crippen molar-refractivity contribution in [3.05, 3.63) is 0 Å². The van der Waals surface area contributed by atoms with Crippen molar-refractivity contribution in [1.82, 2.24) is 0 Å². The van der Waals surface area contributed by atoms with Crippen LogP contribution in [0.3, 0.4) is 0 Å². The summed E-state index contributed by atoms with van der Waals surface area (Å²) in [5.74, 6) is 0. The average Bonchev–Trinajstić information content (AvgIpc) is 1.93. The number of rotatable bonds is 5. The van der Waals surface area contributed by atoms with Crippen LogP contribution in [-0.4, -0.2) is 30.6 Å². The summed E-state index contributed by atoms with van der Waals surface area (Å²) in [6, 6.07) is 0. The highest BCUT2D eigenvalue weighted by Gasteiger charge is 2.51. The molecule has 1 N–H and O–H groups in total. The van der Waals surface area contributed by atoms with Gasteiger partial charge in [-0.25, -0.2) is 0 Å². The van der Waals surface area contributed by atoms with E-state index in [1.54, 1.807) is 0 Å². The van der Waals surface area contributed by atoms with Crippen molar-refractivity contribution in [3.8, 4) is 0 Å². The van der Waals surface area contributed by atoms with Gasteiger partial charge in [-0.1, -0.05) is 6.92 Å². The van der Waals surface area contributed by atoms with Crippen molar-refractivity contribution >= 4 is 9.05 Å². The first-order valence-electron chi connectivity index (χ1n) is 6.51. The van der Waals surface area contributed by atoms with Gasteiger partial charge < -0.3 is 18.1 Å². The van der Waals surface area contributed by atoms with Gasteiger partial charge in [-0.2, -0.15) is 0 Å². The third kappa shape index (κ3) is 8.21. The predicted molar refractivity (Wildman–Crippen MR) is 75.1 cm³/mol. The highest BCUT2D eigenvalue weighted by atomic mass is 28.4. The van der Waals surface area contributed by atoms with Gasteiger partial charge in [0, 0.05) is 0 Å². The van der Waals surface area contributed by atoms with Crippen molar-refractivity contribution in [2.45, 2.75) is 85.5 Å². The molecule has 0 aromatic carbocycles. The first-order chi connectivity index (χ1) is 7.68. The zero-order valence-corrected chi connectivity index (χ0v) is 14.4. The molecule has 0 aliphatic rings. The van der Waals surface area contributed by atoms with Gasteiger partial charge in [-0.3, -0.25) is 0 Å². The Kier molecular flexibility index (Phi) is 5.60. The minimum Gasteiger partial charge on any atom is -0.367 e. The van der Waals surface area contributed by atoms with E-state index in [1.807, 2.05) is 62.3 Å². The Bertz CT molecular complexity index is 247. The Morgan fingerprint density at radius 3 is 1.33 bits per heavy atom. The number of hydrogen-bond donors (Lipinski definition) is 1. The van der Waals surface area contributed by atoms with Crippen LogP contribution in [0.2, 0.25) is 0 Å². The molecule has 18 heavy (non-hydrogen) atoms. The quantitative estimate of drug-likeness (QED) is 0.784. The van der Waals surface area contributed by atoms with E-state index in [-0.39, 0.29) is 0 Å². The molecule has 110 valence electrons. The lowest BCUT2D eigenvalue weighted by Gasteiger charge is -2.39. The molecule has 0 saturated carbocycles. The van der Waals surface area contributed by atoms with E-state index in [4.69, 9.17) is 13.3 Å². The Balaban J connectivity index is 5.04. The van der Waals surface area contributed by atoms with Gasteiger partial charge in [-0.05, 0) is 61.8 Å². The maximum absolute atomic E-state index is 10.6. The van der Waals surface area contributed by atoms with Crippen molar-refractivity contribution < 1.29 is 18.1 Å². The molecule has 0 heterocycles. The topological polar surface area (TPSA) is 47.9 Å². The van der Waals surface area contributed by atoms with Crippen molar-refractivity contribution in [1.29, 1.82) is 0 Å². The van der Waals surface area contributed by atoms with E-state index >= 15 is 0 Å². The molecule has 0 atom stereocenters. The molecule has 0 aromatic rings. The normalized spacial score (nSPS) is 15.0. The largest absolute Gasteiger partial charge is 0.678 e. The Hall–Kier alpha value is 0.0569. The molecule has 0 aliphatic heterocycles. The van der Waals surface area contributed by atoms with Crippen LogP contribution in [0.25, 0.3) is 0 Å². The summed E-state index contributed by atoms with van der Waals surface area (Å²) in [6.45, 7) is 17.1. The molecule has 5 heteroatoms. The van der Waals surface area contributed by atoms with Gasteiger partial charge in [-0.15, -0.1) is 0 Å². The third-order valence-corrected chi connectivity index (χ3v) is 4.68. The molecular weight excluding hydrogens is 248 g/mol. The highest BCUT2D eigenvalue weighted by Crippen LogP contribution is 2.28. The minimum atomic E-state index is -3.68. The molecule has 4 nitrogen and oxygen atoms in total. The van der Waals surface area contributed by atoms with Crippen LogP contribution in [0.4, 0.5) is 0 Å². The molecule has 0 bridgehead atoms. The Morgan fingerprint density at radius 1 is 0.778 bits per heavy atom. The van der Waals surface area contributed by atoms with E-state index in [9.17, 15) is 4.80 Å². The van der Waals surface area contributed by atoms with Crippen LogP contribution < -0.4 is 0 Å². The second-order valence-corrected chi connectivity index (χ2v) is 8.83. The first-order valence-corrected chi connectivity index (χ1v) is 8.18. The summed E-state index contributed by atoms with van der Waals surface area (Å²) in [5, 5.41) is 0. The van der Waals surface area contributed by atoms with E-state index in [1.165, 1.54) is 0 Å². The highest BCUT2D eigenvalue weighted by molar-refractivity contribution is 6.52. The van der Waals surface area contributed by atoms with Crippen LogP contribution in [0.15, 0.2) is 0 Å². The molecule has 0 saturated heterocycles. The maximum Gasteiger partial charge on any atom is 0.678 e. The molecule has 0 aliphatic carbocycles.